The monoisotopic (exact) mass is 285 g/mol. The second kappa shape index (κ2) is 6.74. The summed E-state index contributed by atoms with van der Waals surface area (Å²) < 4.78 is 5.01. The highest BCUT2D eigenvalue weighted by Gasteiger charge is 2.13. The van der Waals surface area contributed by atoms with Gasteiger partial charge in [-0.15, -0.1) is 0 Å². The molecule has 1 heterocycles. The molecule has 5 heteroatoms. The summed E-state index contributed by atoms with van der Waals surface area (Å²) in [6.45, 7) is 2.74. The number of hydrogen-bond donors (Lipinski definition) is 1. The highest BCUT2D eigenvalue weighted by Crippen LogP contribution is 2.22. The molecule has 0 amide bonds. The fourth-order valence-electron chi connectivity index (χ4n) is 1.99. The Balaban J connectivity index is 2.20. The van der Waals surface area contributed by atoms with Crippen LogP contribution in [-0.4, -0.2) is 24.6 Å². The van der Waals surface area contributed by atoms with Gasteiger partial charge in [0.25, 0.3) is 0 Å². The number of pyridine rings is 1. The summed E-state index contributed by atoms with van der Waals surface area (Å²) in [7, 11) is 1.94. The summed E-state index contributed by atoms with van der Waals surface area (Å²) in [4.78, 5) is 18.2. The van der Waals surface area contributed by atoms with Gasteiger partial charge in [0, 0.05) is 24.6 Å². The maximum Gasteiger partial charge on any atom is 0.340 e. The van der Waals surface area contributed by atoms with E-state index in [1.807, 2.05) is 36.2 Å². The van der Waals surface area contributed by atoms with Crippen molar-refractivity contribution in [3.05, 3.63) is 53.9 Å². The SMILES string of the molecule is CCOC(=O)c1cc(N(C)Cc2ccccn2)ccc1N. The number of rotatable bonds is 5. The third-order valence-corrected chi connectivity index (χ3v) is 3.10. The Morgan fingerprint density at radius 1 is 1.33 bits per heavy atom. The van der Waals surface area contributed by atoms with Crippen molar-refractivity contribution in [2.24, 2.45) is 0 Å². The fraction of sp³-hybridized carbons (Fsp3) is 0.250. The number of benzene rings is 1. The Bertz CT molecular complexity index is 614. The van der Waals surface area contributed by atoms with Crippen LogP contribution in [-0.2, 0) is 11.3 Å². The van der Waals surface area contributed by atoms with Gasteiger partial charge in [0.2, 0.25) is 0 Å². The molecule has 0 saturated carbocycles. The van der Waals surface area contributed by atoms with Gasteiger partial charge in [-0.2, -0.15) is 0 Å². The van der Waals surface area contributed by atoms with Crippen LogP contribution in [0.25, 0.3) is 0 Å². The summed E-state index contributed by atoms with van der Waals surface area (Å²) in [6.07, 6.45) is 1.76. The van der Waals surface area contributed by atoms with Crippen molar-refractivity contribution in [2.45, 2.75) is 13.5 Å². The minimum Gasteiger partial charge on any atom is -0.462 e. The van der Waals surface area contributed by atoms with E-state index in [9.17, 15) is 4.79 Å². The van der Waals surface area contributed by atoms with Crippen LogP contribution in [0.4, 0.5) is 11.4 Å². The van der Waals surface area contributed by atoms with E-state index in [4.69, 9.17) is 10.5 Å². The molecule has 2 rings (SSSR count). The first-order valence-corrected chi connectivity index (χ1v) is 6.79. The summed E-state index contributed by atoms with van der Waals surface area (Å²) in [5.41, 5.74) is 8.49. The van der Waals surface area contributed by atoms with Crippen LogP contribution in [0.2, 0.25) is 0 Å². The Morgan fingerprint density at radius 2 is 2.14 bits per heavy atom. The Hall–Kier alpha value is -2.56. The largest absolute Gasteiger partial charge is 0.462 e. The van der Waals surface area contributed by atoms with Crippen molar-refractivity contribution in [1.82, 2.24) is 4.98 Å². The maximum absolute atomic E-state index is 11.9. The minimum atomic E-state index is -0.400. The normalized spacial score (nSPS) is 10.2. The van der Waals surface area contributed by atoms with Gasteiger partial charge in [-0.05, 0) is 37.3 Å². The number of hydrogen-bond acceptors (Lipinski definition) is 5. The molecule has 0 unspecified atom stereocenters. The van der Waals surface area contributed by atoms with Gasteiger partial charge in [-0.3, -0.25) is 4.98 Å². The minimum absolute atomic E-state index is 0.326. The first-order chi connectivity index (χ1) is 10.1. The molecule has 0 spiro atoms. The number of carbonyl (C=O) groups is 1. The van der Waals surface area contributed by atoms with Crippen molar-refractivity contribution in [2.75, 3.05) is 24.3 Å². The molecule has 110 valence electrons. The number of nitrogen functional groups attached to an aromatic ring is 1. The number of nitrogens with zero attached hydrogens (tertiary/aromatic N) is 2. The first-order valence-electron chi connectivity index (χ1n) is 6.79. The Morgan fingerprint density at radius 3 is 2.81 bits per heavy atom. The van der Waals surface area contributed by atoms with Gasteiger partial charge in [0.1, 0.15) is 0 Å². The standard InChI is InChI=1S/C16H19N3O2/c1-3-21-16(20)14-10-13(7-8-15(14)17)19(2)11-12-6-4-5-9-18-12/h4-10H,3,11,17H2,1-2H3. The smallest absolute Gasteiger partial charge is 0.340 e. The lowest BCUT2D eigenvalue weighted by atomic mass is 10.1. The van der Waals surface area contributed by atoms with Gasteiger partial charge in [0.05, 0.1) is 24.4 Å². The molecule has 21 heavy (non-hydrogen) atoms. The maximum atomic E-state index is 11.9. The number of nitrogens with two attached hydrogens (primary N) is 1. The number of ether oxygens (including phenoxy) is 1. The Kier molecular flexibility index (Phi) is 4.77. The van der Waals surface area contributed by atoms with Crippen LogP contribution in [0.5, 0.6) is 0 Å². The van der Waals surface area contributed by atoms with E-state index in [0.29, 0.717) is 24.4 Å². The Labute approximate surface area is 124 Å². The van der Waals surface area contributed by atoms with E-state index in [-0.39, 0.29) is 0 Å². The molecule has 1 aromatic carbocycles. The van der Waals surface area contributed by atoms with Crippen molar-refractivity contribution >= 4 is 17.3 Å². The lowest BCUT2D eigenvalue weighted by Gasteiger charge is -2.20. The van der Waals surface area contributed by atoms with Crippen LogP contribution < -0.4 is 10.6 Å². The van der Waals surface area contributed by atoms with Gasteiger partial charge in [0.15, 0.2) is 0 Å². The number of aromatic nitrogens is 1. The zero-order valence-electron chi connectivity index (χ0n) is 12.2. The van der Waals surface area contributed by atoms with Gasteiger partial charge < -0.3 is 15.4 Å². The second-order valence-corrected chi connectivity index (χ2v) is 4.67. The molecule has 1 aromatic heterocycles. The molecule has 0 saturated heterocycles. The fourth-order valence-corrected chi connectivity index (χ4v) is 1.99. The molecule has 0 radical (unpaired) electrons. The molecular weight excluding hydrogens is 266 g/mol. The van der Waals surface area contributed by atoms with Crippen LogP contribution >= 0.6 is 0 Å². The van der Waals surface area contributed by atoms with Gasteiger partial charge in [-0.1, -0.05) is 6.07 Å². The van der Waals surface area contributed by atoms with E-state index in [0.717, 1.165) is 11.4 Å². The summed E-state index contributed by atoms with van der Waals surface area (Å²) in [5, 5.41) is 0. The van der Waals surface area contributed by atoms with E-state index < -0.39 is 5.97 Å². The van der Waals surface area contributed by atoms with Crippen LogP contribution in [0, 0.1) is 0 Å². The molecule has 0 atom stereocenters. The van der Waals surface area contributed by atoms with Gasteiger partial charge >= 0.3 is 5.97 Å². The van der Waals surface area contributed by atoms with Crippen LogP contribution in [0.15, 0.2) is 42.6 Å². The molecule has 0 aliphatic heterocycles. The molecule has 0 aliphatic rings. The quantitative estimate of drug-likeness (QED) is 0.675. The summed E-state index contributed by atoms with van der Waals surface area (Å²) in [5.74, 6) is -0.400. The van der Waals surface area contributed by atoms with Crippen molar-refractivity contribution in [3.8, 4) is 0 Å². The van der Waals surface area contributed by atoms with Crippen molar-refractivity contribution < 1.29 is 9.53 Å². The van der Waals surface area contributed by atoms with Crippen molar-refractivity contribution in [3.63, 3.8) is 0 Å². The third-order valence-electron chi connectivity index (χ3n) is 3.10. The number of carbonyl (C=O) groups excluding carboxylic acids is 1. The lowest BCUT2D eigenvalue weighted by Crippen LogP contribution is -2.18. The van der Waals surface area contributed by atoms with Crippen molar-refractivity contribution in [1.29, 1.82) is 0 Å². The molecule has 0 bridgehead atoms. The predicted octanol–water partition coefficient (Wildman–Crippen LogP) is 2.48. The molecular formula is C16H19N3O2. The van der Waals surface area contributed by atoms with Crippen LogP contribution in [0.3, 0.4) is 0 Å². The molecule has 2 N–H and O–H groups in total. The van der Waals surface area contributed by atoms with E-state index in [1.54, 1.807) is 25.3 Å². The average Bonchev–Trinajstić information content (AvgIpc) is 2.48. The van der Waals surface area contributed by atoms with E-state index >= 15 is 0 Å². The first kappa shape index (κ1) is 14.8. The second-order valence-electron chi connectivity index (χ2n) is 4.67. The van der Waals surface area contributed by atoms with E-state index in [1.165, 1.54) is 0 Å². The molecule has 0 aliphatic carbocycles. The number of esters is 1. The lowest BCUT2D eigenvalue weighted by molar-refractivity contribution is 0.0527. The summed E-state index contributed by atoms with van der Waals surface area (Å²) in [6, 6.07) is 11.1. The molecule has 5 nitrogen and oxygen atoms in total. The van der Waals surface area contributed by atoms with E-state index in [2.05, 4.69) is 4.98 Å². The predicted molar refractivity (Wildman–Crippen MR) is 83.2 cm³/mol. The molecule has 2 aromatic rings. The van der Waals surface area contributed by atoms with Gasteiger partial charge in [-0.25, -0.2) is 4.79 Å². The highest BCUT2D eigenvalue weighted by atomic mass is 16.5. The summed E-state index contributed by atoms with van der Waals surface area (Å²) >= 11 is 0. The highest BCUT2D eigenvalue weighted by molar-refractivity contribution is 5.96. The average molecular weight is 285 g/mol. The zero-order chi connectivity index (χ0) is 15.2. The number of anilines is 2. The third kappa shape index (κ3) is 3.72. The molecule has 0 fully saturated rings. The topological polar surface area (TPSA) is 68.5 Å². The zero-order valence-corrected chi connectivity index (χ0v) is 12.2. The van der Waals surface area contributed by atoms with Crippen LogP contribution in [0.1, 0.15) is 23.0 Å².